The second-order valence-corrected chi connectivity index (χ2v) is 3.94. The van der Waals surface area contributed by atoms with E-state index < -0.39 is 0 Å². The van der Waals surface area contributed by atoms with E-state index in [1.165, 1.54) is 32.5 Å². The van der Waals surface area contributed by atoms with Crippen LogP contribution in [0.2, 0.25) is 0 Å². The Morgan fingerprint density at radius 2 is 2.13 bits per heavy atom. The topological polar surface area (TPSA) is 24.8 Å². The Morgan fingerprint density at radius 3 is 2.80 bits per heavy atom. The summed E-state index contributed by atoms with van der Waals surface area (Å²) in [5, 5.41) is 0. The highest BCUT2D eigenvalue weighted by atomic mass is 16.5. The van der Waals surface area contributed by atoms with Gasteiger partial charge in [-0.3, -0.25) is 4.99 Å². The van der Waals surface area contributed by atoms with Gasteiger partial charge >= 0.3 is 0 Å². The molecule has 0 saturated carbocycles. The molecular formula is C12H22N2O. The lowest BCUT2D eigenvalue weighted by Crippen LogP contribution is -2.21. The van der Waals surface area contributed by atoms with Crippen molar-refractivity contribution in [2.45, 2.75) is 26.2 Å². The van der Waals surface area contributed by atoms with Crippen LogP contribution in [0.3, 0.4) is 0 Å². The first-order chi connectivity index (χ1) is 7.33. The average Bonchev–Trinajstić information content (AvgIpc) is 2.74. The number of ether oxygens (including phenoxy) is 1. The molecule has 1 aliphatic rings. The minimum absolute atomic E-state index is 0.816. The summed E-state index contributed by atoms with van der Waals surface area (Å²) in [5.74, 6) is 0.946. The highest BCUT2D eigenvalue weighted by Gasteiger charge is 2.09. The second-order valence-electron chi connectivity index (χ2n) is 3.94. The molecule has 1 fully saturated rings. The van der Waals surface area contributed by atoms with Gasteiger partial charge in [-0.2, -0.15) is 0 Å². The fourth-order valence-corrected chi connectivity index (χ4v) is 1.76. The van der Waals surface area contributed by atoms with Crippen molar-refractivity contribution in [2.75, 3.05) is 33.3 Å². The van der Waals surface area contributed by atoms with Gasteiger partial charge in [0.2, 0.25) is 0 Å². The Balaban J connectivity index is 2.00. The normalized spacial score (nSPS) is 18.9. The zero-order valence-corrected chi connectivity index (χ0v) is 9.91. The lowest BCUT2D eigenvalue weighted by atomic mass is 10.4. The van der Waals surface area contributed by atoms with Crippen LogP contribution in [0, 0.1) is 0 Å². The standard InChI is InChI=1S/C12H22N2O/c1-12(6-7-13-2)15-11-5-10-14-8-3-4-9-14/h6-7H,3-5,8-11H2,1-2H3. The average molecular weight is 210 g/mol. The number of hydrogen-bond donors (Lipinski definition) is 0. The van der Waals surface area contributed by atoms with Crippen LogP contribution in [-0.2, 0) is 4.74 Å². The molecule has 3 heteroatoms. The maximum atomic E-state index is 5.55. The van der Waals surface area contributed by atoms with Crippen molar-refractivity contribution in [1.82, 2.24) is 4.90 Å². The van der Waals surface area contributed by atoms with Gasteiger partial charge < -0.3 is 9.64 Å². The van der Waals surface area contributed by atoms with Gasteiger partial charge in [0.05, 0.1) is 12.4 Å². The molecule has 1 rings (SSSR count). The molecule has 15 heavy (non-hydrogen) atoms. The first-order valence-electron chi connectivity index (χ1n) is 5.77. The maximum absolute atomic E-state index is 5.55. The summed E-state index contributed by atoms with van der Waals surface area (Å²) in [5.41, 5.74) is 0. The molecule has 86 valence electrons. The summed E-state index contributed by atoms with van der Waals surface area (Å²) in [6.45, 7) is 6.51. The minimum atomic E-state index is 0.816. The minimum Gasteiger partial charge on any atom is -0.498 e. The summed E-state index contributed by atoms with van der Waals surface area (Å²) in [7, 11) is 1.76. The molecule has 0 aromatic heterocycles. The van der Waals surface area contributed by atoms with Crippen LogP contribution < -0.4 is 0 Å². The Bertz CT molecular complexity index is 218. The van der Waals surface area contributed by atoms with E-state index in [0.29, 0.717) is 0 Å². The van der Waals surface area contributed by atoms with Gasteiger partial charge in [-0.15, -0.1) is 0 Å². The molecular weight excluding hydrogens is 188 g/mol. The fourth-order valence-electron chi connectivity index (χ4n) is 1.76. The summed E-state index contributed by atoms with van der Waals surface area (Å²) >= 11 is 0. The predicted octanol–water partition coefficient (Wildman–Crippen LogP) is 2.09. The molecule has 1 aliphatic heterocycles. The zero-order valence-electron chi connectivity index (χ0n) is 9.91. The van der Waals surface area contributed by atoms with E-state index in [-0.39, 0.29) is 0 Å². The molecule has 1 saturated heterocycles. The zero-order chi connectivity index (χ0) is 10.9. The van der Waals surface area contributed by atoms with Crippen LogP contribution in [0.5, 0.6) is 0 Å². The number of allylic oxidation sites excluding steroid dienone is 2. The second kappa shape index (κ2) is 7.46. The molecule has 0 aromatic rings. The molecule has 0 unspecified atom stereocenters. The Labute approximate surface area is 92.8 Å². The molecule has 3 nitrogen and oxygen atoms in total. The molecule has 0 spiro atoms. The fraction of sp³-hybridized carbons (Fsp3) is 0.750. The SMILES string of the molecule is CN=CC=C(C)OCCCN1CCCC1. The van der Waals surface area contributed by atoms with Crippen molar-refractivity contribution in [3.8, 4) is 0 Å². The lowest BCUT2D eigenvalue weighted by molar-refractivity contribution is 0.193. The van der Waals surface area contributed by atoms with E-state index in [9.17, 15) is 0 Å². The summed E-state index contributed by atoms with van der Waals surface area (Å²) < 4.78 is 5.55. The first kappa shape index (κ1) is 12.2. The molecule has 0 N–H and O–H groups in total. The quantitative estimate of drug-likeness (QED) is 0.381. The maximum Gasteiger partial charge on any atom is 0.0944 e. The monoisotopic (exact) mass is 210 g/mol. The molecule has 0 aliphatic carbocycles. The van der Waals surface area contributed by atoms with Crippen LogP contribution in [0.15, 0.2) is 16.8 Å². The van der Waals surface area contributed by atoms with Crippen molar-refractivity contribution in [2.24, 2.45) is 4.99 Å². The van der Waals surface area contributed by atoms with Crippen LogP contribution in [0.4, 0.5) is 0 Å². The van der Waals surface area contributed by atoms with Gasteiger partial charge in [-0.1, -0.05) is 0 Å². The molecule has 1 heterocycles. The summed E-state index contributed by atoms with van der Waals surface area (Å²) in [4.78, 5) is 6.39. The van der Waals surface area contributed by atoms with Crippen molar-refractivity contribution < 1.29 is 4.74 Å². The van der Waals surface area contributed by atoms with E-state index in [1.54, 1.807) is 13.3 Å². The Hall–Kier alpha value is -0.830. The van der Waals surface area contributed by atoms with E-state index in [4.69, 9.17) is 4.74 Å². The van der Waals surface area contributed by atoms with E-state index in [2.05, 4.69) is 9.89 Å². The van der Waals surface area contributed by atoms with Crippen LogP contribution >= 0.6 is 0 Å². The van der Waals surface area contributed by atoms with Crippen molar-refractivity contribution in [1.29, 1.82) is 0 Å². The van der Waals surface area contributed by atoms with Crippen LogP contribution in [-0.4, -0.2) is 44.4 Å². The van der Waals surface area contributed by atoms with E-state index >= 15 is 0 Å². The van der Waals surface area contributed by atoms with Gasteiger partial charge in [0, 0.05) is 19.8 Å². The van der Waals surface area contributed by atoms with Gasteiger partial charge in [-0.05, 0) is 45.4 Å². The Kier molecular flexibility index (Phi) is 6.09. The van der Waals surface area contributed by atoms with Gasteiger partial charge in [-0.25, -0.2) is 0 Å². The third-order valence-corrected chi connectivity index (χ3v) is 2.61. The Morgan fingerprint density at radius 1 is 1.40 bits per heavy atom. The van der Waals surface area contributed by atoms with Crippen LogP contribution in [0.1, 0.15) is 26.2 Å². The first-order valence-corrected chi connectivity index (χ1v) is 5.77. The number of rotatable bonds is 6. The van der Waals surface area contributed by atoms with Gasteiger partial charge in [0.25, 0.3) is 0 Å². The smallest absolute Gasteiger partial charge is 0.0944 e. The third-order valence-electron chi connectivity index (χ3n) is 2.61. The van der Waals surface area contributed by atoms with Gasteiger partial charge in [0.1, 0.15) is 0 Å². The summed E-state index contributed by atoms with van der Waals surface area (Å²) in [6, 6.07) is 0. The number of nitrogens with zero attached hydrogens (tertiary/aromatic N) is 2. The summed E-state index contributed by atoms with van der Waals surface area (Å²) in [6.07, 6.45) is 7.51. The van der Waals surface area contributed by atoms with Crippen molar-refractivity contribution >= 4 is 6.21 Å². The number of aliphatic imine (C=N–C) groups is 1. The highest BCUT2D eigenvalue weighted by Crippen LogP contribution is 2.07. The molecule has 0 radical (unpaired) electrons. The van der Waals surface area contributed by atoms with Crippen LogP contribution in [0.25, 0.3) is 0 Å². The number of hydrogen-bond acceptors (Lipinski definition) is 3. The third kappa shape index (κ3) is 5.57. The molecule has 0 aromatic carbocycles. The molecule has 0 atom stereocenters. The number of likely N-dealkylation sites (tertiary alicyclic amines) is 1. The van der Waals surface area contributed by atoms with Crippen molar-refractivity contribution in [3.05, 3.63) is 11.8 Å². The van der Waals surface area contributed by atoms with Gasteiger partial charge in [0.15, 0.2) is 0 Å². The largest absolute Gasteiger partial charge is 0.498 e. The lowest BCUT2D eigenvalue weighted by Gasteiger charge is -2.14. The molecule has 0 amide bonds. The van der Waals surface area contributed by atoms with Crippen molar-refractivity contribution in [3.63, 3.8) is 0 Å². The van der Waals surface area contributed by atoms with E-state index in [0.717, 1.165) is 18.8 Å². The highest BCUT2D eigenvalue weighted by molar-refractivity contribution is 5.71. The molecule has 0 bridgehead atoms. The van der Waals surface area contributed by atoms with E-state index in [1.807, 2.05) is 13.0 Å². The predicted molar refractivity (Wildman–Crippen MR) is 64.4 cm³/mol.